The largest absolute Gasteiger partial charge is 0.480 e. The highest BCUT2D eigenvalue weighted by Gasteiger charge is 2.59. The van der Waals surface area contributed by atoms with Crippen molar-refractivity contribution in [2.75, 3.05) is 7.11 Å². The molecule has 4 aliphatic rings. The monoisotopic (exact) mass is 429 g/mol. The first-order valence-electron chi connectivity index (χ1n) is 11.7. The maximum absolute atomic E-state index is 11.5. The molecular formula is C25H35NO3S. The second kappa shape index (κ2) is 7.36. The van der Waals surface area contributed by atoms with Gasteiger partial charge in [-0.05, 0) is 73.5 Å². The number of aromatic nitrogens is 1. The van der Waals surface area contributed by atoms with Gasteiger partial charge >= 0.3 is 5.97 Å². The summed E-state index contributed by atoms with van der Waals surface area (Å²) in [5.74, 6) is 3.57. The van der Waals surface area contributed by atoms with Crippen molar-refractivity contribution in [2.24, 2.45) is 28.6 Å². The molecule has 0 N–H and O–H groups in total. The average Bonchev–Trinajstić information content (AvgIpc) is 3.31. The highest BCUT2D eigenvalue weighted by atomic mass is 32.1. The summed E-state index contributed by atoms with van der Waals surface area (Å²) in [5, 5.41) is 3.35. The molecule has 1 aromatic rings. The van der Waals surface area contributed by atoms with Crippen molar-refractivity contribution >= 4 is 17.3 Å². The Morgan fingerprint density at radius 2 is 2.00 bits per heavy atom. The standard InChI is InChI=1S/C25H35NO3S/c1-15(27)29-17-9-11-24(2)16(13-17)5-6-18-19-7-8-21(23-26-22(28-4)14-30-23)25(19,3)12-10-20(18)24/h5,14,17-21H,6-13H2,1-4H3/t17?,18-,19-,20-,21?,24-,25-/m0/s1. The van der Waals surface area contributed by atoms with Crippen LogP contribution in [0.3, 0.4) is 0 Å². The summed E-state index contributed by atoms with van der Waals surface area (Å²) < 4.78 is 11.0. The zero-order valence-electron chi connectivity index (χ0n) is 18.8. The van der Waals surface area contributed by atoms with Crippen molar-refractivity contribution in [1.29, 1.82) is 0 Å². The third kappa shape index (κ3) is 3.06. The zero-order chi connectivity index (χ0) is 21.1. The van der Waals surface area contributed by atoms with E-state index in [4.69, 9.17) is 14.5 Å². The number of hydrogen-bond acceptors (Lipinski definition) is 5. The van der Waals surface area contributed by atoms with Gasteiger partial charge in [0.05, 0.1) is 12.5 Å². The summed E-state index contributed by atoms with van der Waals surface area (Å²) in [6.07, 6.45) is 12.2. The Bertz CT molecular complexity index is 862. The SMILES string of the molecule is COc1csc(C2CC[C@H]3[C@@H]4CC=C5CC(OC(C)=O)CC[C@]5(C)[C@H]4CC[C@]23C)n1. The number of allylic oxidation sites excluding steroid dienone is 1. The third-order valence-electron chi connectivity index (χ3n) is 9.40. The number of fused-ring (bicyclic) bond motifs is 5. The molecule has 0 amide bonds. The van der Waals surface area contributed by atoms with Gasteiger partial charge in [0.15, 0.2) is 0 Å². The molecule has 1 aromatic heterocycles. The van der Waals surface area contributed by atoms with Gasteiger partial charge in [0.1, 0.15) is 11.1 Å². The molecule has 0 spiro atoms. The fourth-order valence-electron chi connectivity index (χ4n) is 7.89. The van der Waals surface area contributed by atoms with E-state index in [1.807, 2.05) is 0 Å². The lowest BCUT2D eigenvalue weighted by Crippen LogP contribution is -2.50. The first kappa shape index (κ1) is 20.5. The number of carbonyl (C=O) groups is 1. The summed E-state index contributed by atoms with van der Waals surface area (Å²) >= 11 is 1.79. The van der Waals surface area contributed by atoms with Gasteiger partial charge in [-0.2, -0.15) is 0 Å². The highest BCUT2D eigenvalue weighted by molar-refractivity contribution is 7.09. The van der Waals surface area contributed by atoms with Crippen molar-refractivity contribution in [3.63, 3.8) is 0 Å². The van der Waals surface area contributed by atoms with E-state index in [2.05, 4.69) is 25.3 Å². The minimum Gasteiger partial charge on any atom is -0.480 e. The Hall–Kier alpha value is -1.36. The van der Waals surface area contributed by atoms with Gasteiger partial charge in [-0.1, -0.05) is 25.5 Å². The molecule has 30 heavy (non-hydrogen) atoms. The maximum atomic E-state index is 11.5. The number of hydrogen-bond donors (Lipinski definition) is 0. The van der Waals surface area contributed by atoms with E-state index in [0.29, 0.717) is 16.7 Å². The first-order valence-corrected chi connectivity index (χ1v) is 12.6. The van der Waals surface area contributed by atoms with E-state index < -0.39 is 0 Å². The van der Waals surface area contributed by atoms with Crippen molar-refractivity contribution in [2.45, 2.75) is 84.2 Å². The Morgan fingerprint density at radius 3 is 2.73 bits per heavy atom. The molecule has 0 aromatic carbocycles. The van der Waals surface area contributed by atoms with Gasteiger partial charge < -0.3 is 9.47 Å². The summed E-state index contributed by atoms with van der Waals surface area (Å²) in [6, 6.07) is 0. The van der Waals surface area contributed by atoms with E-state index in [1.165, 1.54) is 44.0 Å². The lowest BCUT2D eigenvalue weighted by Gasteiger charge is -2.58. The fourth-order valence-corrected chi connectivity index (χ4v) is 8.96. The molecule has 2 unspecified atom stereocenters. The molecule has 164 valence electrons. The molecule has 4 aliphatic carbocycles. The van der Waals surface area contributed by atoms with Crippen molar-refractivity contribution in [3.8, 4) is 5.88 Å². The molecule has 4 nitrogen and oxygen atoms in total. The van der Waals surface area contributed by atoms with Gasteiger partial charge in [-0.25, -0.2) is 4.98 Å². The van der Waals surface area contributed by atoms with Gasteiger partial charge in [0.2, 0.25) is 5.88 Å². The molecule has 3 fully saturated rings. The number of rotatable bonds is 3. The van der Waals surface area contributed by atoms with Crippen molar-refractivity contribution in [3.05, 3.63) is 22.0 Å². The van der Waals surface area contributed by atoms with Crippen LogP contribution in [0.2, 0.25) is 0 Å². The number of carbonyl (C=O) groups excluding carboxylic acids is 1. The quantitative estimate of drug-likeness (QED) is 0.428. The van der Waals surface area contributed by atoms with E-state index in [0.717, 1.165) is 42.9 Å². The van der Waals surface area contributed by atoms with Crippen LogP contribution in [-0.4, -0.2) is 24.2 Å². The van der Waals surface area contributed by atoms with Crippen LogP contribution in [0.15, 0.2) is 17.0 Å². The van der Waals surface area contributed by atoms with E-state index in [-0.39, 0.29) is 12.1 Å². The van der Waals surface area contributed by atoms with Crippen LogP contribution >= 0.6 is 11.3 Å². The molecular weight excluding hydrogens is 394 g/mol. The first-order chi connectivity index (χ1) is 14.3. The molecule has 1 heterocycles. The minimum absolute atomic E-state index is 0.0861. The second-order valence-corrected chi connectivity index (χ2v) is 11.5. The lowest BCUT2D eigenvalue weighted by molar-refractivity contribution is -0.148. The van der Waals surface area contributed by atoms with Gasteiger partial charge in [-0.15, -0.1) is 11.3 Å². The molecule has 0 saturated heterocycles. The number of methoxy groups -OCH3 is 1. The third-order valence-corrected chi connectivity index (χ3v) is 10.3. The van der Waals surface area contributed by atoms with E-state index in [1.54, 1.807) is 24.0 Å². The van der Waals surface area contributed by atoms with Gasteiger partial charge in [0, 0.05) is 19.3 Å². The fraction of sp³-hybridized carbons (Fsp3) is 0.760. The number of nitrogens with zero attached hydrogens (tertiary/aromatic N) is 1. The molecule has 0 radical (unpaired) electrons. The van der Waals surface area contributed by atoms with Crippen LogP contribution in [-0.2, 0) is 9.53 Å². The van der Waals surface area contributed by atoms with Crippen molar-refractivity contribution in [1.82, 2.24) is 4.98 Å². The van der Waals surface area contributed by atoms with Crippen LogP contribution in [0.4, 0.5) is 0 Å². The molecule has 3 saturated carbocycles. The number of thiazole rings is 1. The summed E-state index contributed by atoms with van der Waals surface area (Å²) in [4.78, 5) is 16.3. The Balaban J connectivity index is 1.39. The number of esters is 1. The number of ether oxygens (including phenoxy) is 2. The Kier molecular flexibility index (Phi) is 5.04. The zero-order valence-corrected chi connectivity index (χ0v) is 19.6. The van der Waals surface area contributed by atoms with Crippen LogP contribution < -0.4 is 4.74 Å². The summed E-state index contributed by atoms with van der Waals surface area (Å²) in [5.41, 5.74) is 2.23. The Labute approximate surface area is 184 Å². The maximum Gasteiger partial charge on any atom is 0.302 e. The van der Waals surface area contributed by atoms with E-state index >= 15 is 0 Å². The van der Waals surface area contributed by atoms with Crippen LogP contribution in [0.5, 0.6) is 5.88 Å². The predicted molar refractivity (Wildman–Crippen MR) is 119 cm³/mol. The molecule has 0 bridgehead atoms. The molecule has 5 rings (SSSR count). The van der Waals surface area contributed by atoms with E-state index in [9.17, 15) is 4.79 Å². The highest BCUT2D eigenvalue weighted by Crippen LogP contribution is 2.68. The average molecular weight is 430 g/mol. The van der Waals surface area contributed by atoms with Crippen LogP contribution in [0, 0.1) is 28.6 Å². The normalized spacial score (nSPS) is 42.5. The summed E-state index contributed by atoms with van der Waals surface area (Å²) in [6.45, 7) is 6.61. The van der Waals surface area contributed by atoms with Gasteiger partial charge in [0.25, 0.3) is 0 Å². The topological polar surface area (TPSA) is 48.4 Å². The molecule has 7 atom stereocenters. The Morgan fingerprint density at radius 1 is 1.17 bits per heavy atom. The van der Waals surface area contributed by atoms with Crippen LogP contribution in [0.1, 0.15) is 83.1 Å². The minimum atomic E-state index is -0.137. The second-order valence-electron chi connectivity index (χ2n) is 10.6. The van der Waals surface area contributed by atoms with Crippen molar-refractivity contribution < 1.29 is 14.3 Å². The predicted octanol–water partition coefficient (Wildman–Crippen LogP) is 6.13. The molecule has 5 heteroatoms. The summed E-state index contributed by atoms with van der Waals surface area (Å²) in [7, 11) is 1.71. The van der Waals surface area contributed by atoms with Gasteiger partial charge in [-0.3, -0.25) is 4.79 Å². The molecule has 0 aliphatic heterocycles. The van der Waals surface area contributed by atoms with Crippen LogP contribution in [0.25, 0.3) is 0 Å². The lowest BCUT2D eigenvalue weighted by atomic mass is 9.47. The smallest absolute Gasteiger partial charge is 0.302 e.